The lowest BCUT2D eigenvalue weighted by Gasteiger charge is -2.30. The van der Waals surface area contributed by atoms with Crippen LogP contribution in [0.25, 0.3) is 50.5 Å². The average Bonchev–Trinajstić information content (AvgIpc) is 3.55. The molecule has 0 radical (unpaired) electrons. The quantitative estimate of drug-likeness (QED) is 0.166. The smallest absolute Gasteiger partial charge is 0.0547 e. The van der Waals surface area contributed by atoms with Gasteiger partial charge in [-0.1, -0.05) is 140 Å². The Labute approximate surface area is 300 Å². The first-order valence-corrected chi connectivity index (χ1v) is 17.8. The number of rotatable bonds is 7. The number of fused-ring (bicyclic) bond motifs is 3. The molecular weight excluding hydrogens is 617 g/mol. The Morgan fingerprint density at radius 2 is 1.24 bits per heavy atom. The average molecular weight is 655 g/mol. The lowest BCUT2D eigenvalue weighted by atomic mass is 9.90. The molecule has 0 saturated carbocycles. The molecular formula is C49H38N2. The Bertz CT molecular complexity index is 2480. The van der Waals surface area contributed by atoms with Crippen molar-refractivity contribution in [2.45, 2.75) is 18.8 Å². The monoisotopic (exact) mass is 654 g/mol. The molecule has 0 saturated heterocycles. The van der Waals surface area contributed by atoms with Gasteiger partial charge in [0, 0.05) is 39.6 Å². The summed E-state index contributed by atoms with van der Waals surface area (Å²) in [6.45, 7) is 4.57. The van der Waals surface area contributed by atoms with E-state index < -0.39 is 0 Å². The van der Waals surface area contributed by atoms with Gasteiger partial charge in [-0.3, -0.25) is 0 Å². The summed E-state index contributed by atoms with van der Waals surface area (Å²) >= 11 is 0. The fourth-order valence-corrected chi connectivity index (χ4v) is 7.85. The van der Waals surface area contributed by atoms with Crippen molar-refractivity contribution in [2.75, 3.05) is 4.90 Å². The second-order valence-corrected chi connectivity index (χ2v) is 13.4. The van der Waals surface area contributed by atoms with Crippen LogP contribution in [0.5, 0.6) is 0 Å². The van der Waals surface area contributed by atoms with Gasteiger partial charge in [0.1, 0.15) is 0 Å². The molecule has 9 rings (SSSR count). The van der Waals surface area contributed by atoms with Crippen molar-refractivity contribution >= 4 is 33.9 Å². The SMILES string of the molecule is C=C1CC=Cc2c1c1c(-c3cccc(N(C4=CC(c5ccccc5)CC=C4)c4cccc(-c5ccccc5)c4)c3)cccc1n2-c1ccccc1. The van der Waals surface area contributed by atoms with Crippen LogP contribution in [0.1, 0.15) is 35.6 Å². The van der Waals surface area contributed by atoms with Crippen molar-refractivity contribution in [3.05, 3.63) is 211 Å². The van der Waals surface area contributed by atoms with Gasteiger partial charge >= 0.3 is 0 Å². The highest BCUT2D eigenvalue weighted by Gasteiger charge is 2.24. The normalized spacial score (nSPS) is 15.1. The van der Waals surface area contributed by atoms with Crippen LogP contribution < -0.4 is 4.90 Å². The number of aromatic nitrogens is 1. The highest BCUT2D eigenvalue weighted by Crippen LogP contribution is 2.44. The molecule has 1 atom stereocenters. The molecule has 7 aromatic rings. The van der Waals surface area contributed by atoms with E-state index in [9.17, 15) is 0 Å². The molecule has 6 aromatic carbocycles. The molecule has 2 heteroatoms. The van der Waals surface area contributed by atoms with E-state index in [2.05, 4.69) is 204 Å². The van der Waals surface area contributed by atoms with Crippen LogP contribution in [0.15, 0.2) is 194 Å². The maximum Gasteiger partial charge on any atom is 0.0547 e. The van der Waals surface area contributed by atoms with Crippen molar-refractivity contribution in [1.29, 1.82) is 0 Å². The van der Waals surface area contributed by atoms with E-state index in [1.54, 1.807) is 0 Å². The molecule has 2 aliphatic carbocycles. The molecule has 0 spiro atoms. The van der Waals surface area contributed by atoms with Crippen LogP contribution in [0.3, 0.4) is 0 Å². The van der Waals surface area contributed by atoms with Crippen LogP contribution in [0.2, 0.25) is 0 Å². The van der Waals surface area contributed by atoms with Crippen LogP contribution in [0.4, 0.5) is 11.4 Å². The summed E-state index contributed by atoms with van der Waals surface area (Å²) in [6, 6.07) is 56.9. The van der Waals surface area contributed by atoms with Crippen LogP contribution in [-0.4, -0.2) is 4.57 Å². The minimum absolute atomic E-state index is 0.297. The Hall–Kier alpha value is -6.38. The van der Waals surface area contributed by atoms with E-state index in [0.717, 1.165) is 35.5 Å². The minimum atomic E-state index is 0.297. The summed E-state index contributed by atoms with van der Waals surface area (Å²) in [5, 5.41) is 1.25. The largest absolute Gasteiger partial charge is 0.311 e. The summed E-state index contributed by atoms with van der Waals surface area (Å²) < 4.78 is 2.39. The van der Waals surface area contributed by atoms with Gasteiger partial charge in [0.15, 0.2) is 0 Å². The number of anilines is 2. The summed E-state index contributed by atoms with van der Waals surface area (Å²) in [5.74, 6) is 0.297. The Morgan fingerprint density at radius 1 is 0.588 bits per heavy atom. The zero-order valence-corrected chi connectivity index (χ0v) is 28.5. The third-order valence-corrected chi connectivity index (χ3v) is 10.2. The molecule has 51 heavy (non-hydrogen) atoms. The standard InChI is InChI=1S/C49H38N2/c1-35-16-11-30-46-48(35)49-45(29-15-31-47(49)51(46)41-24-9-4-10-25-41)40-23-14-28-44(34-40)50(42-26-12-21-38(32-42)36-17-5-2-6-18-36)43-27-13-22-39(33-43)37-19-7-3-8-20-37/h2-15,17-21,23-34,39H,1,16,22H2. The molecule has 0 amide bonds. The van der Waals surface area contributed by atoms with Crippen molar-refractivity contribution in [1.82, 2.24) is 4.57 Å². The Balaban J connectivity index is 1.23. The number of hydrogen-bond acceptors (Lipinski definition) is 1. The van der Waals surface area contributed by atoms with Gasteiger partial charge in [0.05, 0.1) is 11.2 Å². The maximum absolute atomic E-state index is 4.57. The van der Waals surface area contributed by atoms with Crippen molar-refractivity contribution in [3.8, 4) is 27.9 Å². The minimum Gasteiger partial charge on any atom is -0.311 e. The van der Waals surface area contributed by atoms with Gasteiger partial charge in [-0.25, -0.2) is 0 Å². The molecule has 0 bridgehead atoms. The van der Waals surface area contributed by atoms with Gasteiger partial charge in [-0.2, -0.15) is 0 Å². The van der Waals surface area contributed by atoms with E-state index in [4.69, 9.17) is 0 Å². The number of nitrogens with zero attached hydrogens (tertiary/aromatic N) is 2. The molecule has 2 aliphatic rings. The van der Waals surface area contributed by atoms with E-state index in [1.165, 1.54) is 55.7 Å². The van der Waals surface area contributed by atoms with Crippen LogP contribution in [-0.2, 0) is 0 Å². The zero-order valence-electron chi connectivity index (χ0n) is 28.5. The first-order chi connectivity index (χ1) is 25.2. The zero-order chi connectivity index (χ0) is 34.1. The fourth-order valence-electron chi connectivity index (χ4n) is 7.85. The second-order valence-electron chi connectivity index (χ2n) is 13.4. The summed E-state index contributed by atoms with van der Waals surface area (Å²) in [7, 11) is 0. The number of para-hydroxylation sites is 1. The van der Waals surface area contributed by atoms with Gasteiger partial charge < -0.3 is 9.47 Å². The molecule has 1 aromatic heterocycles. The second kappa shape index (κ2) is 13.2. The maximum atomic E-state index is 4.57. The first-order valence-electron chi connectivity index (χ1n) is 17.8. The van der Waals surface area contributed by atoms with Crippen LogP contribution in [0, 0.1) is 0 Å². The van der Waals surface area contributed by atoms with Gasteiger partial charge in [0.2, 0.25) is 0 Å². The van der Waals surface area contributed by atoms with E-state index >= 15 is 0 Å². The highest BCUT2D eigenvalue weighted by atomic mass is 15.1. The van der Waals surface area contributed by atoms with Crippen LogP contribution >= 0.6 is 0 Å². The first kappa shape index (κ1) is 30.7. The number of allylic oxidation sites excluding steroid dienone is 5. The molecule has 1 unspecified atom stereocenters. The van der Waals surface area contributed by atoms with E-state index in [-0.39, 0.29) is 0 Å². The van der Waals surface area contributed by atoms with Gasteiger partial charge in [0.25, 0.3) is 0 Å². The number of benzene rings is 6. The third-order valence-electron chi connectivity index (χ3n) is 10.2. The predicted molar refractivity (Wildman–Crippen MR) is 216 cm³/mol. The summed E-state index contributed by atoms with van der Waals surface area (Å²) in [5.41, 5.74) is 15.5. The lowest BCUT2D eigenvalue weighted by molar-refractivity contribution is 0.837. The van der Waals surface area contributed by atoms with Gasteiger partial charge in [-0.05, 0) is 101 Å². The Morgan fingerprint density at radius 3 is 2.00 bits per heavy atom. The summed E-state index contributed by atoms with van der Waals surface area (Å²) in [4.78, 5) is 2.42. The molecule has 0 aliphatic heterocycles. The Kier molecular flexibility index (Phi) is 7.91. The summed E-state index contributed by atoms with van der Waals surface area (Å²) in [6.07, 6.45) is 13.4. The van der Waals surface area contributed by atoms with Crippen molar-refractivity contribution < 1.29 is 0 Å². The van der Waals surface area contributed by atoms with Crippen molar-refractivity contribution in [3.63, 3.8) is 0 Å². The van der Waals surface area contributed by atoms with Crippen molar-refractivity contribution in [2.24, 2.45) is 0 Å². The third kappa shape index (κ3) is 5.65. The lowest BCUT2D eigenvalue weighted by Crippen LogP contribution is -2.18. The predicted octanol–water partition coefficient (Wildman–Crippen LogP) is 13.2. The van der Waals surface area contributed by atoms with Gasteiger partial charge in [-0.15, -0.1) is 0 Å². The molecule has 0 N–H and O–H groups in total. The molecule has 244 valence electrons. The molecule has 0 fully saturated rings. The molecule has 1 heterocycles. The van der Waals surface area contributed by atoms with E-state index in [0.29, 0.717) is 5.92 Å². The fraction of sp³-hybridized carbons (Fsp3) is 0.0612. The van der Waals surface area contributed by atoms with E-state index in [1.807, 2.05) is 0 Å². The topological polar surface area (TPSA) is 8.17 Å². The highest BCUT2D eigenvalue weighted by molar-refractivity contribution is 6.08. The number of hydrogen-bond donors (Lipinski definition) is 0. The molecule has 2 nitrogen and oxygen atoms in total.